The van der Waals surface area contributed by atoms with Crippen LogP contribution in [0.3, 0.4) is 0 Å². The molecule has 9 heavy (non-hydrogen) atoms. The molecule has 0 rings (SSSR count). The predicted octanol–water partition coefficient (Wildman–Crippen LogP) is -12.3. The van der Waals surface area contributed by atoms with E-state index in [0.29, 0.717) is 0 Å². The fraction of sp³-hybridized carbons (Fsp3) is 0. The maximum Gasteiger partial charge on any atom is 2.00 e. The predicted molar refractivity (Wildman–Crippen MR) is 15.1 cm³/mol. The van der Waals surface area contributed by atoms with Crippen molar-refractivity contribution in [2.24, 2.45) is 0 Å². The topological polar surface area (TPSA) is 124 Å². The molecule has 0 aromatic heterocycles. The molecule has 0 spiro atoms. The van der Waals surface area contributed by atoms with Gasteiger partial charge in [-0.05, 0) is 0 Å². The van der Waals surface area contributed by atoms with Gasteiger partial charge in [0, 0.05) is 0 Å². The molecule has 0 amide bonds. The van der Waals surface area contributed by atoms with E-state index < -0.39 is 9.05 Å². The molecule has 0 aromatic carbocycles. The SMILES string of the molecule is O.[Ca+2].[K+].[Na+].[O-][Si]([O-])([O-])[O-]. The van der Waals surface area contributed by atoms with Gasteiger partial charge in [-0.3, -0.25) is 0 Å². The van der Waals surface area contributed by atoms with Gasteiger partial charge in [0.15, 0.2) is 0 Å². The molecule has 2 N–H and O–H groups in total. The molecule has 0 radical (unpaired) electrons. The smallest absolute Gasteiger partial charge is 0.894 e. The molecule has 5 nitrogen and oxygen atoms in total. The summed E-state index contributed by atoms with van der Waals surface area (Å²) in [6.45, 7) is 0. The summed E-state index contributed by atoms with van der Waals surface area (Å²) in [5.74, 6) is 0. The summed E-state index contributed by atoms with van der Waals surface area (Å²) in [6.07, 6.45) is 0. The first kappa shape index (κ1) is 29.3. The van der Waals surface area contributed by atoms with E-state index in [1.54, 1.807) is 0 Å². The summed E-state index contributed by atoms with van der Waals surface area (Å²) in [6, 6.07) is 0. The van der Waals surface area contributed by atoms with Crippen molar-refractivity contribution < 1.29 is 106 Å². The molecular weight excluding hydrogens is 210 g/mol. The fourth-order valence-corrected chi connectivity index (χ4v) is 0. The van der Waals surface area contributed by atoms with Crippen molar-refractivity contribution in [2.45, 2.75) is 0 Å². The van der Waals surface area contributed by atoms with Crippen LogP contribution in [0.15, 0.2) is 0 Å². The monoisotopic (exact) mass is 212 g/mol. The second-order valence-corrected chi connectivity index (χ2v) is 1.50. The van der Waals surface area contributed by atoms with E-state index in [1.807, 2.05) is 0 Å². The Hall–Kier alpha value is 3.91. The molecule has 0 saturated heterocycles. The maximum absolute atomic E-state index is 8.58. The third-order valence-electron chi connectivity index (χ3n) is 0. The third kappa shape index (κ3) is 76.5. The minimum Gasteiger partial charge on any atom is -0.894 e. The van der Waals surface area contributed by atoms with Crippen molar-refractivity contribution in [3.8, 4) is 0 Å². The zero-order valence-corrected chi connectivity index (χ0v) is 13.7. The van der Waals surface area contributed by atoms with Gasteiger partial charge < -0.3 is 33.7 Å². The first-order chi connectivity index (χ1) is 2.00. The van der Waals surface area contributed by atoms with E-state index in [4.69, 9.17) is 19.2 Å². The van der Waals surface area contributed by atoms with Gasteiger partial charge in [0.25, 0.3) is 0 Å². The fourth-order valence-electron chi connectivity index (χ4n) is 0. The maximum atomic E-state index is 8.58. The molecule has 0 fully saturated rings. The minimum atomic E-state index is -5.61. The van der Waals surface area contributed by atoms with Crippen molar-refractivity contribution in [3.05, 3.63) is 0 Å². The van der Waals surface area contributed by atoms with Gasteiger partial charge in [-0.25, -0.2) is 0 Å². The van der Waals surface area contributed by atoms with E-state index in [9.17, 15) is 0 Å². The standard InChI is InChI=1S/Ca.K.Na.O4Si.H2O/c;;;1-5(2,3)4;/h;;;;1H2/q+2;2*+1;-4;. The molecular formula is H2CaKNaO5Si. The van der Waals surface area contributed by atoms with E-state index in [1.165, 1.54) is 0 Å². The Bertz CT molecular complexity index is 32.4. The normalized spacial score (nSPS) is 6.67. The van der Waals surface area contributed by atoms with Crippen LogP contribution in [0.2, 0.25) is 0 Å². The Labute approximate surface area is 148 Å². The van der Waals surface area contributed by atoms with E-state index >= 15 is 0 Å². The van der Waals surface area contributed by atoms with Crippen LogP contribution in [0.1, 0.15) is 0 Å². The Morgan fingerprint density at radius 1 is 0.889 bits per heavy atom. The zero-order valence-electron chi connectivity index (χ0n) is 5.34. The first-order valence-corrected chi connectivity index (χ1v) is 2.45. The molecule has 0 aliphatic rings. The first-order valence-electron chi connectivity index (χ1n) is 0.816. The Kier molecular flexibility index (Phi) is 47.0. The van der Waals surface area contributed by atoms with Crippen molar-refractivity contribution in [1.29, 1.82) is 0 Å². The van der Waals surface area contributed by atoms with Crippen LogP contribution in [-0.4, -0.2) is 52.3 Å². The Morgan fingerprint density at radius 3 is 0.889 bits per heavy atom. The van der Waals surface area contributed by atoms with Crippen molar-refractivity contribution in [1.82, 2.24) is 0 Å². The number of hydrogen-bond donors (Lipinski definition) is 0. The second-order valence-electron chi connectivity index (χ2n) is 0.500. The number of rotatable bonds is 0. The Balaban J connectivity index is -0.0000000133. The van der Waals surface area contributed by atoms with E-state index in [2.05, 4.69) is 0 Å². The summed E-state index contributed by atoms with van der Waals surface area (Å²) in [7, 11) is -5.61. The van der Waals surface area contributed by atoms with Gasteiger partial charge in [0.2, 0.25) is 0 Å². The zero-order chi connectivity index (χ0) is 4.50. The van der Waals surface area contributed by atoms with Crippen LogP contribution in [-0.2, 0) is 0 Å². The average Bonchev–Trinajstić information content (AvgIpc) is 0.722. The van der Waals surface area contributed by atoms with Crippen LogP contribution in [0, 0.1) is 0 Å². The summed E-state index contributed by atoms with van der Waals surface area (Å²) < 4.78 is 0. The van der Waals surface area contributed by atoms with Crippen LogP contribution >= 0.6 is 0 Å². The Morgan fingerprint density at radius 2 is 0.889 bits per heavy atom. The van der Waals surface area contributed by atoms with Crippen LogP contribution in [0.25, 0.3) is 0 Å². The average molecular weight is 212 g/mol. The molecule has 0 aromatic rings. The molecule has 0 saturated carbocycles. The quantitative estimate of drug-likeness (QED) is 0.370. The molecule has 0 unspecified atom stereocenters. The molecule has 40 valence electrons. The summed E-state index contributed by atoms with van der Waals surface area (Å²) in [4.78, 5) is 34.3. The summed E-state index contributed by atoms with van der Waals surface area (Å²) >= 11 is 0. The third-order valence-corrected chi connectivity index (χ3v) is 0. The number of hydrogen-bond acceptors (Lipinski definition) is 4. The van der Waals surface area contributed by atoms with Crippen molar-refractivity contribution >= 4 is 46.8 Å². The van der Waals surface area contributed by atoms with E-state index in [0.717, 1.165) is 0 Å². The van der Waals surface area contributed by atoms with Crippen molar-refractivity contribution in [3.63, 3.8) is 0 Å². The molecule has 0 aliphatic heterocycles. The minimum absolute atomic E-state index is 0. The van der Waals surface area contributed by atoms with Gasteiger partial charge in [0.1, 0.15) is 0 Å². The molecule has 0 bridgehead atoms. The second kappa shape index (κ2) is 14.4. The van der Waals surface area contributed by atoms with Gasteiger partial charge in [-0.2, -0.15) is 0 Å². The van der Waals surface area contributed by atoms with Crippen LogP contribution in [0.5, 0.6) is 0 Å². The molecule has 0 aliphatic carbocycles. The molecule has 9 heteroatoms. The van der Waals surface area contributed by atoms with Gasteiger partial charge in [-0.15, -0.1) is 0 Å². The van der Waals surface area contributed by atoms with E-state index in [-0.39, 0.29) is 124 Å². The largest absolute Gasteiger partial charge is 2.00 e. The van der Waals surface area contributed by atoms with Gasteiger partial charge >= 0.3 is 119 Å². The molecule has 0 atom stereocenters. The molecule has 0 heterocycles. The summed E-state index contributed by atoms with van der Waals surface area (Å²) in [5, 5.41) is 0. The van der Waals surface area contributed by atoms with Gasteiger partial charge in [0.05, 0.1) is 0 Å². The summed E-state index contributed by atoms with van der Waals surface area (Å²) in [5.41, 5.74) is 0. The van der Waals surface area contributed by atoms with Gasteiger partial charge in [-0.1, -0.05) is 0 Å². The van der Waals surface area contributed by atoms with Crippen LogP contribution in [0.4, 0.5) is 0 Å². The van der Waals surface area contributed by atoms with Crippen molar-refractivity contribution in [2.75, 3.05) is 0 Å². The van der Waals surface area contributed by atoms with Crippen LogP contribution < -0.4 is 100 Å².